The van der Waals surface area contributed by atoms with E-state index in [4.69, 9.17) is 9.47 Å². The smallest absolute Gasteiger partial charge is 0.333 e. The number of amides is 2. The minimum absolute atomic E-state index is 0.0969. The molecule has 2 aromatic rings. The van der Waals surface area contributed by atoms with Crippen molar-refractivity contribution in [3.8, 4) is 0 Å². The zero-order valence-electron chi connectivity index (χ0n) is 19.7. The van der Waals surface area contributed by atoms with E-state index in [1.165, 1.54) is 47.9 Å². The second-order valence-corrected chi connectivity index (χ2v) is 9.50. The van der Waals surface area contributed by atoms with Crippen LogP contribution in [0.4, 0.5) is 5.69 Å². The predicted octanol–water partition coefficient (Wildman–Crippen LogP) is 2.10. The third-order valence-corrected chi connectivity index (χ3v) is 7.12. The molecule has 192 valence electrons. The largest absolute Gasteiger partial charge is 0.459 e. The van der Waals surface area contributed by atoms with Crippen molar-refractivity contribution in [1.82, 2.24) is 10.2 Å². The van der Waals surface area contributed by atoms with E-state index < -0.39 is 40.2 Å². The van der Waals surface area contributed by atoms with Crippen LogP contribution in [0.1, 0.15) is 18.1 Å². The molecule has 2 aliphatic rings. The van der Waals surface area contributed by atoms with Crippen LogP contribution in [0, 0.1) is 10.1 Å². The minimum atomic E-state index is -1.14. The average Bonchev–Trinajstić information content (AvgIpc) is 2.89. The number of ether oxygens (including phenoxy) is 2. The predicted molar refractivity (Wildman–Crippen MR) is 132 cm³/mol. The molecule has 2 saturated heterocycles. The van der Waals surface area contributed by atoms with Gasteiger partial charge in [0.05, 0.1) is 17.6 Å². The van der Waals surface area contributed by atoms with Crippen molar-refractivity contribution in [3.05, 3.63) is 87.7 Å². The van der Waals surface area contributed by atoms with Crippen LogP contribution in [-0.4, -0.2) is 56.8 Å². The molecule has 3 atom stereocenters. The average molecular weight is 526 g/mol. The molecule has 2 aliphatic heterocycles. The fraction of sp³-hybridized carbons (Fsp3) is 0.280. The normalized spacial score (nSPS) is 21.4. The fourth-order valence-corrected chi connectivity index (χ4v) is 5.34. The van der Waals surface area contributed by atoms with E-state index in [0.717, 1.165) is 11.8 Å². The van der Waals surface area contributed by atoms with Crippen LogP contribution in [0.5, 0.6) is 0 Å². The Hall–Kier alpha value is -4.19. The summed E-state index contributed by atoms with van der Waals surface area (Å²) in [5, 5.41) is 13.1. The zero-order valence-corrected chi connectivity index (χ0v) is 20.5. The van der Waals surface area contributed by atoms with Crippen LogP contribution in [0.15, 0.2) is 66.4 Å². The Labute approximate surface area is 215 Å². The van der Waals surface area contributed by atoms with Crippen molar-refractivity contribution in [2.45, 2.75) is 37.4 Å². The maximum Gasteiger partial charge on any atom is 0.333 e. The van der Waals surface area contributed by atoms with Crippen LogP contribution in [0.25, 0.3) is 0 Å². The van der Waals surface area contributed by atoms with Crippen molar-refractivity contribution in [2.24, 2.45) is 0 Å². The lowest BCUT2D eigenvalue weighted by Crippen LogP contribution is -2.74. The minimum Gasteiger partial charge on any atom is -0.459 e. The van der Waals surface area contributed by atoms with Gasteiger partial charge in [0.1, 0.15) is 18.0 Å². The lowest BCUT2D eigenvalue weighted by Gasteiger charge is -2.52. The number of nitro groups is 1. The Morgan fingerprint density at radius 3 is 2.49 bits per heavy atom. The number of carbonyl (C=O) groups is 4. The molecule has 0 radical (unpaired) electrons. The lowest BCUT2D eigenvalue weighted by atomic mass is 9.98. The lowest BCUT2D eigenvalue weighted by molar-refractivity contribution is -0.384. The summed E-state index contributed by atoms with van der Waals surface area (Å²) in [5.41, 5.74) is 1.60. The van der Waals surface area contributed by atoms with Crippen LogP contribution in [0.3, 0.4) is 0 Å². The summed E-state index contributed by atoms with van der Waals surface area (Å²) in [6.07, 6.45) is 1.26. The Bertz CT molecular complexity index is 1250. The Kier molecular flexibility index (Phi) is 7.87. The van der Waals surface area contributed by atoms with E-state index >= 15 is 0 Å². The molecule has 2 unspecified atom stereocenters. The molecule has 0 spiro atoms. The highest BCUT2D eigenvalue weighted by Crippen LogP contribution is 2.41. The number of nitrogens with one attached hydrogen (secondary N) is 1. The molecule has 0 saturated carbocycles. The number of nitrogens with zero attached hydrogens (tertiary/aromatic N) is 2. The number of benzene rings is 2. The monoisotopic (exact) mass is 525 g/mol. The van der Waals surface area contributed by atoms with E-state index in [0.29, 0.717) is 11.1 Å². The molecule has 11 nitrogen and oxygen atoms in total. The molecule has 2 aromatic carbocycles. The molecule has 12 heteroatoms. The molecule has 0 aliphatic carbocycles. The number of rotatable bonds is 8. The van der Waals surface area contributed by atoms with Crippen molar-refractivity contribution in [2.75, 3.05) is 5.75 Å². The Morgan fingerprint density at radius 1 is 1.14 bits per heavy atom. The van der Waals surface area contributed by atoms with E-state index in [1.807, 2.05) is 30.3 Å². The number of β-lactam (4-membered cyclic amide) rings is 1. The first-order valence-corrected chi connectivity index (χ1v) is 12.3. The maximum atomic E-state index is 13.1. The highest BCUT2D eigenvalue weighted by molar-refractivity contribution is 8.00. The van der Waals surface area contributed by atoms with Crippen LogP contribution in [0.2, 0.25) is 0 Å². The van der Waals surface area contributed by atoms with Crippen LogP contribution >= 0.6 is 11.8 Å². The van der Waals surface area contributed by atoms with Crippen molar-refractivity contribution in [3.63, 3.8) is 0 Å². The van der Waals surface area contributed by atoms with Gasteiger partial charge in [-0.3, -0.25) is 24.5 Å². The first kappa shape index (κ1) is 25.9. The fourth-order valence-electron chi connectivity index (χ4n) is 3.98. The number of non-ortho nitro benzene ring substituents is 1. The summed E-state index contributed by atoms with van der Waals surface area (Å²) in [6.45, 7) is 1.04. The summed E-state index contributed by atoms with van der Waals surface area (Å²) < 4.78 is 10.4. The molecule has 1 N–H and O–H groups in total. The van der Waals surface area contributed by atoms with E-state index in [1.54, 1.807) is 0 Å². The van der Waals surface area contributed by atoms with Gasteiger partial charge < -0.3 is 19.7 Å². The molecule has 2 amide bonds. The molecule has 2 fully saturated rings. The maximum absolute atomic E-state index is 13.1. The second-order valence-electron chi connectivity index (χ2n) is 8.39. The summed E-state index contributed by atoms with van der Waals surface area (Å²) in [4.78, 5) is 61.6. The topological polar surface area (TPSA) is 145 Å². The number of thioether (sulfide) groups is 1. The molecule has 0 bridgehead atoms. The van der Waals surface area contributed by atoms with Gasteiger partial charge in [-0.15, -0.1) is 11.8 Å². The van der Waals surface area contributed by atoms with E-state index in [2.05, 4.69) is 5.32 Å². The number of carbonyl (C=O) groups excluding carboxylic acids is 4. The molecule has 2 heterocycles. The van der Waals surface area contributed by atoms with Crippen molar-refractivity contribution in [1.29, 1.82) is 0 Å². The van der Waals surface area contributed by atoms with Gasteiger partial charge in [0.25, 0.3) is 5.69 Å². The Balaban J connectivity index is 1.45. The third-order valence-electron chi connectivity index (χ3n) is 5.78. The molecule has 0 aromatic heterocycles. The van der Waals surface area contributed by atoms with Gasteiger partial charge in [0.2, 0.25) is 11.8 Å². The second kappa shape index (κ2) is 11.2. The third kappa shape index (κ3) is 5.97. The summed E-state index contributed by atoms with van der Waals surface area (Å²) in [7, 11) is 0. The van der Waals surface area contributed by atoms with Gasteiger partial charge in [-0.25, -0.2) is 4.79 Å². The van der Waals surface area contributed by atoms with E-state index in [-0.39, 0.29) is 30.4 Å². The van der Waals surface area contributed by atoms with Gasteiger partial charge in [0.15, 0.2) is 6.04 Å². The summed E-state index contributed by atoms with van der Waals surface area (Å²) >= 11 is 1.33. The molecular weight excluding hydrogens is 502 g/mol. The summed E-state index contributed by atoms with van der Waals surface area (Å²) in [6, 6.07) is 12.7. The van der Waals surface area contributed by atoms with Gasteiger partial charge in [-0.2, -0.15) is 0 Å². The first-order valence-electron chi connectivity index (χ1n) is 11.3. The number of nitro benzene ring substituents is 1. The number of fused-ring (bicyclic) bond motifs is 1. The highest BCUT2D eigenvalue weighted by atomic mass is 32.2. The summed E-state index contributed by atoms with van der Waals surface area (Å²) in [5.74, 6) is -1.83. The quantitative estimate of drug-likeness (QED) is 0.180. The number of hydrogen-bond donors (Lipinski definition) is 1. The number of hydrogen-bond acceptors (Lipinski definition) is 9. The molecule has 4 rings (SSSR count). The highest BCUT2D eigenvalue weighted by Gasteiger charge is 2.57. The first-order chi connectivity index (χ1) is 17.7. The Morgan fingerprint density at radius 2 is 1.84 bits per heavy atom. The molecular formula is C25H23N3O8S. The van der Waals surface area contributed by atoms with Crippen molar-refractivity contribution < 1.29 is 33.6 Å². The van der Waals surface area contributed by atoms with Gasteiger partial charge in [-0.05, 0) is 23.3 Å². The van der Waals surface area contributed by atoms with Gasteiger partial charge in [0, 0.05) is 30.4 Å². The van der Waals surface area contributed by atoms with Gasteiger partial charge in [-0.1, -0.05) is 30.3 Å². The number of esters is 2. The van der Waals surface area contributed by atoms with E-state index in [9.17, 15) is 29.3 Å². The van der Waals surface area contributed by atoms with Crippen LogP contribution in [-0.2, 0) is 41.7 Å². The zero-order chi connectivity index (χ0) is 26.5. The van der Waals surface area contributed by atoms with Crippen molar-refractivity contribution >= 4 is 41.2 Å². The molecule has 37 heavy (non-hydrogen) atoms. The SMILES string of the molecule is CC(=O)OC=C1CS[C@@H]2C(NC(=O)Cc3ccccc3)C(=O)N2C1C(=O)OCc1ccc([N+](=O)[O-])cc1. The van der Waals surface area contributed by atoms with Gasteiger partial charge >= 0.3 is 11.9 Å². The van der Waals surface area contributed by atoms with Crippen LogP contribution < -0.4 is 5.32 Å². The standard InChI is InChI=1S/C25H23N3O8S/c1-15(29)35-13-18-14-37-24-21(26-20(30)11-16-5-3-2-4-6-16)23(31)27(24)22(18)25(32)36-12-17-7-9-19(10-8-17)28(33)34/h2-10,13,21-22,24H,11-12,14H2,1H3,(H,26,30)/t21?,22?,24-/m1/s1.